The molecule has 31 heavy (non-hydrogen) atoms. The zero-order valence-corrected chi connectivity index (χ0v) is 19.2. The second-order valence-electron chi connectivity index (χ2n) is 8.05. The fraction of sp³-hybridized carbons (Fsp3) is 0.231. The molecule has 3 aromatic rings. The topological polar surface area (TPSA) is 55.4 Å². The monoisotopic (exact) mass is 431 g/mol. The Morgan fingerprint density at radius 2 is 1.35 bits per heavy atom. The molecule has 1 amide bonds. The van der Waals surface area contributed by atoms with E-state index < -0.39 is 19.7 Å². The van der Waals surface area contributed by atoms with Crippen LogP contribution in [0, 0.1) is 0 Å². The average Bonchev–Trinajstić information content (AvgIpc) is 2.80. The summed E-state index contributed by atoms with van der Waals surface area (Å²) in [4.78, 5) is 26.5. The van der Waals surface area contributed by atoms with Gasteiger partial charge in [0.25, 0.3) is 5.91 Å². The Morgan fingerprint density at radius 3 is 1.90 bits per heavy atom. The molecular weight excluding hydrogens is 402 g/mol. The predicted molar refractivity (Wildman–Crippen MR) is 127 cm³/mol. The van der Waals surface area contributed by atoms with Gasteiger partial charge >= 0.3 is 5.97 Å². The van der Waals surface area contributed by atoms with Gasteiger partial charge in [0.2, 0.25) is 0 Å². The molecule has 0 aliphatic rings. The highest BCUT2D eigenvalue weighted by atomic mass is 28.3. The standard InChI is InChI=1S/C26H29NO3Si/c1-4-30-26(29)24(31(2,3)22-18-12-7-13-19-22)23(20-14-8-5-9-15-20)27-25(28)21-16-10-6-11-17-21/h5-19,23-24H,4H2,1-3H3,(H,27,28). The van der Waals surface area contributed by atoms with Gasteiger partial charge in [-0.05, 0) is 24.6 Å². The Balaban J connectivity index is 2.09. The zero-order chi connectivity index (χ0) is 22.3. The van der Waals surface area contributed by atoms with E-state index in [1.54, 1.807) is 12.1 Å². The van der Waals surface area contributed by atoms with Gasteiger partial charge in [0.1, 0.15) is 0 Å². The van der Waals surface area contributed by atoms with Crippen LogP contribution in [0.3, 0.4) is 0 Å². The van der Waals surface area contributed by atoms with Crippen molar-refractivity contribution in [3.63, 3.8) is 0 Å². The number of carbonyl (C=O) groups excluding carboxylic acids is 2. The largest absolute Gasteiger partial charge is 0.466 e. The molecule has 160 valence electrons. The second-order valence-corrected chi connectivity index (χ2v) is 12.7. The van der Waals surface area contributed by atoms with E-state index in [1.165, 1.54) is 0 Å². The molecule has 0 radical (unpaired) electrons. The molecule has 1 N–H and O–H groups in total. The Bertz CT molecular complexity index is 991. The maximum atomic E-state index is 13.4. The van der Waals surface area contributed by atoms with Crippen LogP contribution < -0.4 is 10.5 Å². The number of rotatable bonds is 8. The molecule has 5 heteroatoms. The number of benzene rings is 3. The summed E-state index contributed by atoms with van der Waals surface area (Å²) < 4.78 is 5.55. The van der Waals surface area contributed by atoms with Crippen LogP contribution in [-0.2, 0) is 9.53 Å². The van der Waals surface area contributed by atoms with Gasteiger partial charge in [-0.1, -0.05) is 97.1 Å². The maximum Gasteiger partial charge on any atom is 0.308 e. The number of ether oxygens (including phenoxy) is 1. The third-order valence-corrected chi connectivity index (χ3v) is 9.60. The lowest BCUT2D eigenvalue weighted by molar-refractivity contribution is -0.143. The van der Waals surface area contributed by atoms with E-state index in [0.717, 1.165) is 10.8 Å². The molecule has 0 bridgehead atoms. The molecule has 0 saturated heterocycles. The first kappa shape index (κ1) is 22.5. The van der Waals surface area contributed by atoms with Gasteiger partial charge in [-0.2, -0.15) is 0 Å². The molecule has 0 aliphatic carbocycles. The molecule has 3 rings (SSSR count). The number of carbonyl (C=O) groups is 2. The lowest BCUT2D eigenvalue weighted by atomic mass is 10.0. The van der Waals surface area contributed by atoms with E-state index in [-0.39, 0.29) is 11.9 Å². The zero-order valence-electron chi connectivity index (χ0n) is 18.2. The molecule has 0 fully saturated rings. The van der Waals surface area contributed by atoms with Crippen LogP contribution in [0.25, 0.3) is 0 Å². The van der Waals surface area contributed by atoms with Crippen LogP contribution in [0.1, 0.15) is 28.9 Å². The molecule has 2 atom stereocenters. The number of esters is 1. The lowest BCUT2D eigenvalue weighted by Gasteiger charge is -2.37. The summed E-state index contributed by atoms with van der Waals surface area (Å²) in [6.45, 7) is 6.43. The maximum absolute atomic E-state index is 13.4. The summed E-state index contributed by atoms with van der Waals surface area (Å²) in [6, 6.07) is 28.4. The Kier molecular flexibility index (Phi) is 7.42. The number of amides is 1. The number of hydrogen-bond donors (Lipinski definition) is 1. The first-order chi connectivity index (χ1) is 14.9. The fourth-order valence-electron chi connectivity index (χ4n) is 3.96. The first-order valence-electron chi connectivity index (χ1n) is 10.6. The second kappa shape index (κ2) is 10.2. The lowest BCUT2D eigenvalue weighted by Crippen LogP contribution is -2.54. The van der Waals surface area contributed by atoms with Gasteiger partial charge in [-0.15, -0.1) is 0 Å². The number of nitrogens with one attached hydrogen (secondary N) is 1. The summed E-state index contributed by atoms with van der Waals surface area (Å²) in [6.07, 6.45) is 0. The molecule has 0 aliphatic heterocycles. The van der Waals surface area contributed by atoms with Gasteiger partial charge in [-0.25, -0.2) is 0 Å². The van der Waals surface area contributed by atoms with Crippen LogP contribution in [0.2, 0.25) is 18.6 Å². The smallest absolute Gasteiger partial charge is 0.308 e. The highest BCUT2D eigenvalue weighted by Gasteiger charge is 2.46. The van der Waals surface area contributed by atoms with E-state index in [1.807, 2.05) is 73.7 Å². The summed E-state index contributed by atoms with van der Waals surface area (Å²) >= 11 is 0. The molecule has 0 aromatic heterocycles. The van der Waals surface area contributed by atoms with Gasteiger partial charge < -0.3 is 10.1 Å². The van der Waals surface area contributed by atoms with Crippen molar-refractivity contribution >= 4 is 25.1 Å². The third kappa shape index (κ3) is 5.30. The average molecular weight is 432 g/mol. The van der Waals surface area contributed by atoms with Crippen molar-refractivity contribution in [2.75, 3.05) is 6.61 Å². The van der Waals surface area contributed by atoms with Crippen molar-refractivity contribution in [1.82, 2.24) is 5.32 Å². The molecule has 3 aromatic carbocycles. The summed E-state index contributed by atoms with van der Waals surface area (Å²) in [5.74, 6) is -0.480. The van der Waals surface area contributed by atoms with Crippen molar-refractivity contribution in [1.29, 1.82) is 0 Å². The van der Waals surface area contributed by atoms with E-state index in [2.05, 4.69) is 30.5 Å². The quantitative estimate of drug-likeness (QED) is 0.415. The highest BCUT2D eigenvalue weighted by molar-refractivity contribution is 6.93. The van der Waals surface area contributed by atoms with E-state index in [9.17, 15) is 9.59 Å². The van der Waals surface area contributed by atoms with Crippen LogP contribution in [-0.4, -0.2) is 26.6 Å². The SMILES string of the molecule is CCOC(=O)C(C(NC(=O)c1ccccc1)c1ccccc1)[Si](C)(C)c1ccccc1. The van der Waals surface area contributed by atoms with Gasteiger partial charge in [0.05, 0.1) is 26.3 Å². The van der Waals surface area contributed by atoms with Crippen LogP contribution >= 0.6 is 0 Å². The Morgan fingerprint density at radius 1 is 0.839 bits per heavy atom. The molecule has 2 unspecified atom stereocenters. The van der Waals surface area contributed by atoms with Gasteiger partial charge in [-0.3, -0.25) is 9.59 Å². The van der Waals surface area contributed by atoms with Crippen molar-refractivity contribution in [2.24, 2.45) is 0 Å². The molecule has 4 nitrogen and oxygen atoms in total. The minimum absolute atomic E-state index is 0.207. The van der Waals surface area contributed by atoms with E-state index >= 15 is 0 Å². The fourth-order valence-corrected chi connectivity index (χ4v) is 7.15. The minimum Gasteiger partial charge on any atom is -0.466 e. The summed E-state index contributed by atoms with van der Waals surface area (Å²) in [5, 5.41) is 4.30. The normalized spacial score (nSPS) is 13.1. The molecule has 0 heterocycles. The van der Waals surface area contributed by atoms with Crippen LogP contribution in [0.15, 0.2) is 91.0 Å². The molecular formula is C26H29NO3Si. The van der Waals surface area contributed by atoms with Crippen LogP contribution in [0.5, 0.6) is 0 Å². The molecule has 0 spiro atoms. The van der Waals surface area contributed by atoms with E-state index in [0.29, 0.717) is 12.2 Å². The highest BCUT2D eigenvalue weighted by Crippen LogP contribution is 2.37. The first-order valence-corrected chi connectivity index (χ1v) is 13.7. The number of hydrogen-bond acceptors (Lipinski definition) is 3. The van der Waals surface area contributed by atoms with Crippen molar-refractivity contribution in [2.45, 2.75) is 31.6 Å². The van der Waals surface area contributed by atoms with Gasteiger partial charge in [0, 0.05) is 5.56 Å². The third-order valence-electron chi connectivity index (χ3n) is 5.65. The predicted octanol–water partition coefficient (Wildman–Crippen LogP) is 4.71. The molecule has 0 saturated carbocycles. The van der Waals surface area contributed by atoms with Crippen molar-refractivity contribution in [3.8, 4) is 0 Å². The van der Waals surface area contributed by atoms with Crippen LogP contribution in [0.4, 0.5) is 0 Å². The minimum atomic E-state index is -2.41. The summed E-state index contributed by atoms with van der Waals surface area (Å²) in [5.41, 5.74) is 0.955. The Hall–Kier alpha value is -3.18. The van der Waals surface area contributed by atoms with Crippen molar-refractivity contribution < 1.29 is 14.3 Å². The van der Waals surface area contributed by atoms with E-state index in [4.69, 9.17) is 4.74 Å². The van der Waals surface area contributed by atoms with Crippen molar-refractivity contribution in [3.05, 3.63) is 102 Å². The summed E-state index contributed by atoms with van der Waals surface area (Å²) in [7, 11) is -2.41. The van der Waals surface area contributed by atoms with Gasteiger partial charge in [0.15, 0.2) is 0 Å². The Labute approximate surface area is 185 Å².